The normalized spacial score (nSPS) is 22.6. The molecule has 1 amide bonds. The summed E-state index contributed by atoms with van der Waals surface area (Å²) in [6.07, 6.45) is 2.12. The molecule has 0 radical (unpaired) electrons. The van der Waals surface area contributed by atoms with E-state index in [1.807, 2.05) is 24.3 Å². The molecule has 2 fully saturated rings. The molecule has 1 aromatic carbocycles. The maximum atomic E-state index is 12.3. The molecule has 7 heteroatoms. The quantitative estimate of drug-likeness (QED) is 0.892. The average Bonchev–Trinajstić information content (AvgIpc) is 3.24. The predicted molar refractivity (Wildman–Crippen MR) is 98.2 cm³/mol. The number of hydrogen-bond acceptors (Lipinski definition) is 5. The molecule has 4 rings (SSSR count). The number of rotatable bonds is 3. The van der Waals surface area contributed by atoms with Crippen LogP contribution >= 0.6 is 23.5 Å². The SMILES string of the molecule is O=C(NC1CCCN(c2nc3ccccc3[nH]2)C1)C1SCCS1. The monoisotopic (exact) mass is 348 g/mol. The highest BCUT2D eigenvalue weighted by molar-refractivity contribution is 8.21. The number of nitrogens with one attached hydrogen (secondary N) is 2. The van der Waals surface area contributed by atoms with Crippen LogP contribution in [0.2, 0.25) is 0 Å². The maximum absolute atomic E-state index is 12.3. The first-order valence-corrected chi connectivity index (χ1v) is 10.1. The highest BCUT2D eigenvalue weighted by Gasteiger charge is 2.28. The van der Waals surface area contributed by atoms with Crippen molar-refractivity contribution in [2.24, 2.45) is 0 Å². The molecule has 2 aliphatic heterocycles. The molecule has 0 bridgehead atoms. The smallest absolute Gasteiger partial charge is 0.243 e. The molecule has 2 N–H and O–H groups in total. The lowest BCUT2D eigenvalue weighted by molar-refractivity contribution is -0.119. The highest BCUT2D eigenvalue weighted by atomic mass is 32.2. The fourth-order valence-electron chi connectivity index (χ4n) is 3.16. The Labute approximate surface area is 144 Å². The number of aromatic amines is 1. The third-order valence-corrected chi connectivity index (χ3v) is 7.27. The Kier molecular flexibility index (Phi) is 4.39. The van der Waals surface area contributed by atoms with Gasteiger partial charge in [0.25, 0.3) is 0 Å². The summed E-state index contributed by atoms with van der Waals surface area (Å²) in [5, 5.41) is 3.23. The van der Waals surface area contributed by atoms with Crippen LogP contribution in [0.4, 0.5) is 5.95 Å². The zero-order valence-corrected chi connectivity index (χ0v) is 14.5. The van der Waals surface area contributed by atoms with Gasteiger partial charge in [0, 0.05) is 30.6 Å². The van der Waals surface area contributed by atoms with Crippen LogP contribution in [0, 0.1) is 0 Å². The van der Waals surface area contributed by atoms with Crippen molar-refractivity contribution in [2.75, 3.05) is 29.5 Å². The van der Waals surface area contributed by atoms with Crippen LogP contribution in [0.5, 0.6) is 0 Å². The van der Waals surface area contributed by atoms with Crippen LogP contribution < -0.4 is 10.2 Å². The molecular formula is C16H20N4OS2. The topological polar surface area (TPSA) is 61.0 Å². The number of imidazole rings is 1. The van der Waals surface area contributed by atoms with Crippen LogP contribution in [-0.4, -0.2) is 51.1 Å². The van der Waals surface area contributed by atoms with Gasteiger partial charge in [0.05, 0.1) is 11.0 Å². The summed E-state index contributed by atoms with van der Waals surface area (Å²) >= 11 is 3.52. The summed E-state index contributed by atoms with van der Waals surface area (Å²) < 4.78 is 0.0802. The first-order chi connectivity index (χ1) is 11.3. The lowest BCUT2D eigenvalue weighted by Gasteiger charge is -2.33. The molecule has 5 nitrogen and oxygen atoms in total. The van der Waals surface area contributed by atoms with Crippen LogP contribution in [0.25, 0.3) is 11.0 Å². The van der Waals surface area contributed by atoms with E-state index in [9.17, 15) is 4.79 Å². The molecular weight excluding hydrogens is 328 g/mol. The summed E-state index contributed by atoms with van der Waals surface area (Å²) in [6.45, 7) is 1.81. The number of thioether (sulfide) groups is 2. The standard InChI is InChI=1S/C16H20N4OS2/c21-14(15-22-8-9-23-15)17-11-4-3-7-20(10-11)16-18-12-5-1-2-6-13(12)19-16/h1-2,5-6,11,15H,3-4,7-10H2,(H,17,21)(H,18,19). The number of para-hydroxylation sites is 2. The van der Waals surface area contributed by atoms with E-state index in [2.05, 4.69) is 20.2 Å². The van der Waals surface area contributed by atoms with Gasteiger partial charge in [0.1, 0.15) is 4.58 Å². The number of amides is 1. The van der Waals surface area contributed by atoms with E-state index >= 15 is 0 Å². The van der Waals surface area contributed by atoms with Crippen molar-refractivity contribution < 1.29 is 4.79 Å². The van der Waals surface area contributed by atoms with Crippen molar-refractivity contribution >= 4 is 46.4 Å². The highest BCUT2D eigenvalue weighted by Crippen LogP contribution is 2.32. The van der Waals surface area contributed by atoms with Gasteiger partial charge in [-0.3, -0.25) is 4.79 Å². The molecule has 2 saturated heterocycles. The van der Waals surface area contributed by atoms with E-state index in [0.29, 0.717) is 0 Å². The van der Waals surface area contributed by atoms with E-state index in [1.54, 1.807) is 23.5 Å². The number of benzene rings is 1. The predicted octanol–water partition coefficient (Wildman–Crippen LogP) is 2.45. The van der Waals surface area contributed by atoms with E-state index in [-0.39, 0.29) is 16.5 Å². The summed E-state index contributed by atoms with van der Waals surface area (Å²) in [7, 11) is 0. The minimum atomic E-state index is 0.0802. The van der Waals surface area contributed by atoms with Gasteiger partial charge in [-0.1, -0.05) is 12.1 Å². The van der Waals surface area contributed by atoms with Gasteiger partial charge in [-0.05, 0) is 25.0 Å². The van der Waals surface area contributed by atoms with Gasteiger partial charge in [-0.15, -0.1) is 23.5 Å². The Morgan fingerprint density at radius 2 is 2.13 bits per heavy atom. The molecule has 23 heavy (non-hydrogen) atoms. The van der Waals surface area contributed by atoms with Gasteiger partial charge >= 0.3 is 0 Å². The Morgan fingerprint density at radius 1 is 1.30 bits per heavy atom. The van der Waals surface area contributed by atoms with Gasteiger partial charge < -0.3 is 15.2 Å². The molecule has 2 aliphatic rings. The van der Waals surface area contributed by atoms with Gasteiger partial charge in [0.15, 0.2) is 0 Å². The second kappa shape index (κ2) is 6.65. The van der Waals surface area contributed by atoms with Crippen LogP contribution in [-0.2, 0) is 4.79 Å². The fourth-order valence-corrected chi connectivity index (χ4v) is 5.75. The second-order valence-corrected chi connectivity index (χ2v) is 8.67. The second-order valence-electron chi connectivity index (χ2n) is 5.94. The van der Waals surface area contributed by atoms with Crippen LogP contribution in [0.3, 0.4) is 0 Å². The molecule has 3 heterocycles. The number of hydrogen-bond donors (Lipinski definition) is 2. The van der Waals surface area contributed by atoms with Crippen molar-refractivity contribution in [3.05, 3.63) is 24.3 Å². The Bertz CT molecular complexity index is 665. The number of carbonyl (C=O) groups is 1. The third kappa shape index (κ3) is 3.30. The van der Waals surface area contributed by atoms with Crippen molar-refractivity contribution in [1.82, 2.24) is 15.3 Å². The van der Waals surface area contributed by atoms with Gasteiger partial charge in [-0.25, -0.2) is 4.98 Å². The summed E-state index contributed by atoms with van der Waals surface area (Å²) in [5.41, 5.74) is 2.06. The fraction of sp³-hybridized carbons (Fsp3) is 0.500. The molecule has 122 valence electrons. The van der Waals surface area contributed by atoms with Crippen LogP contribution in [0.15, 0.2) is 24.3 Å². The van der Waals surface area contributed by atoms with Crippen LogP contribution in [0.1, 0.15) is 12.8 Å². The lowest BCUT2D eigenvalue weighted by atomic mass is 10.1. The van der Waals surface area contributed by atoms with Gasteiger partial charge in [0.2, 0.25) is 11.9 Å². The molecule has 1 unspecified atom stereocenters. The van der Waals surface area contributed by atoms with Crippen molar-refractivity contribution in [2.45, 2.75) is 23.5 Å². The number of H-pyrrole nitrogens is 1. The minimum absolute atomic E-state index is 0.0802. The number of nitrogens with zero attached hydrogens (tertiary/aromatic N) is 2. The average molecular weight is 348 g/mol. The van der Waals surface area contributed by atoms with Crippen molar-refractivity contribution in [3.63, 3.8) is 0 Å². The Morgan fingerprint density at radius 3 is 2.96 bits per heavy atom. The number of carbonyl (C=O) groups excluding carboxylic acids is 1. The summed E-state index contributed by atoms with van der Waals surface area (Å²) in [5.74, 6) is 3.26. The molecule has 0 spiro atoms. The van der Waals surface area contributed by atoms with Gasteiger partial charge in [-0.2, -0.15) is 0 Å². The number of anilines is 1. The zero-order valence-electron chi connectivity index (χ0n) is 12.8. The van der Waals surface area contributed by atoms with Crippen molar-refractivity contribution in [3.8, 4) is 0 Å². The lowest BCUT2D eigenvalue weighted by Crippen LogP contribution is -2.49. The number of aromatic nitrogens is 2. The summed E-state index contributed by atoms with van der Waals surface area (Å²) in [6, 6.07) is 8.30. The first-order valence-electron chi connectivity index (χ1n) is 8.03. The Balaban J connectivity index is 1.43. The largest absolute Gasteiger partial charge is 0.350 e. The summed E-state index contributed by atoms with van der Waals surface area (Å²) in [4.78, 5) is 22.6. The number of fused-ring (bicyclic) bond motifs is 1. The van der Waals surface area contributed by atoms with E-state index in [1.165, 1.54) is 0 Å². The first kappa shape index (κ1) is 15.2. The molecule has 0 saturated carbocycles. The third-order valence-electron chi connectivity index (χ3n) is 4.28. The molecule has 2 aromatic rings. The maximum Gasteiger partial charge on any atom is 0.243 e. The molecule has 1 atom stereocenters. The molecule has 1 aromatic heterocycles. The van der Waals surface area contributed by atoms with E-state index < -0.39 is 0 Å². The van der Waals surface area contributed by atoms with Crippen molar-refractivity contribution in [1.29, 1.82) is 0 Å². The van der Waals surface area contributed by atoms with E-state index in [0.717, 1.165) is 54.4 Å². The molecule has 0 aliphatic carbocycles. The minimum Gasteiger partial charge on any atom is -0.350 e. The Hall–Kier alpha value is -1.34. The zero-order chi connectivity index (χ0) is 15.6. The number of piperidine rings is 1. The van der Waals surface area contributed by atoms with E-state index in [4.69, 9.17) is 0 Å².